The van der Waals surface area contributed by atoms with Crippen LogP contribution < -0.4 is 15.6 Å². The van der Waals surface area contributed by atoms with Crippen molar-refractivity contribution in [3.05, 3.63) is 106 Å². The number of nitrogens with zero attached hydrogens (tertiary/aromatic N) is 4. The van der Waals surface area contributed by atoms with Gasteiger partial charge in [0, 0.05) is 31.2 Å². The highest BCUT2D eigenvalue weighted by Gasteiger charge is 2.16. The monoisotopic (exact) mass is 479 g/mol. The number of carbonyl (C=O) groups is 1. The molecule has 1 amide bonds. The van der Waals surface area contributed by atoms with Gasteiger partial charge in [-0.1, -0.05) is 12.1 Å². The van der Waals surface area contributed by atoms with E-state index >= 15 is 0 Å². The second-order valence-corrected chi connectivity index (χ2v) is 8.77. The maximum atomic E-state index is 13.1. The predicted octanol–water partition coefficient (Wildman–Crippen LogP) is 5.09. The summed E-state index contributed by atoms with van der Waals surface area (Å²) < 4.78 is 9.26. The molecule has 0 saturated heterocycles. The highest BCUT2D eigenvalue weighted by Crippen LogP contribution is 2.29. The van der Waals surface area contributed by atoms with Crippen molar-refractivity contribution in [1.29, 1.82) is 0 Å². The Balaban J connectivity index is 1.37. The highest BCUT2D eigenvalue weighted by molar-refractivity contribution is 6.03. The Morgan fingerprint density at radius 1 is 0.944 bits per heavy atom. The van der Waals surface area contributed by atoms with Crippen molar-refractivity contribution in [2.24, 2.45) is 7.05 Å². The molecule has 3 aromatic heterocycles. The van der Waals surface area contributed by atoms with Crippen LogP contribution in [0.3, 0.4) is 0 Å². The average molecular weight is 480 g/mol. The van der Waals surface area contributed by atoms with Gasteiger partial charge in [-0.2, -0.15) is 9.78 Å². The maximum Gasteiger partial charge on any atom is 0.276 e. The van der Waals surface area contributed by atoms with Crippen LogP contribution in [0.2, 0.25) is 0 Å². The Bertz CT molecular complexity index is 1670. The molecule has 2 aromatic carbocycles. The zero-order valence-corrected chi connectivity index (χ0v) is 20.4. The van der Waals surface area contributed by atoms with Crippen molar-refractivity contribution in [3.8, 4) is 17.2 Å². The summed E-state index contributed by atoms with van der Waals surface area (Å²) >= 11 is 0. The molecule has 5 rings (SSSR count). The minimum atomic E-state index is -0.402. The quantitative estimate of drug-likeness (QED) is 0.379. The van der Waals surface area contributed by atoms with Crippen LogP contribution in [0.1, 0.15) is 27.2 Å². The number of hydrogen-bond donors (Lipinski definition) is 1. The van der Waals surface area contributed by atoms with E-state index in [0.29, 0.717) is 28.4 Å². The number of carbonyl (C=O) groups excluding carboxylic acids is 1. The first-order chi connectivity index (χ1) is 17.3. The molecule has 0 aliphatic heterocycles. The summed E-state index contributed by atoms with van der Waals surface area (Å²) in [6.07, 6.45) is 3.64. The summed E-state index contributed by atoms with van der Waals surface area (Å²) in [6.45, 7) is 5.55. The predicted molar refractivity (Wildman–Crippen MR) is 139 cm³/mol. The van der Waals surface area contributed by atoms with Gasteiger partial charge in [-0.3, -0.25) is 9.59 Å². The number of anilines is 1. The van der Waals surface area contributed by atoms with Crippen LogP contribution in [0.5, 0.6) is 11.5 Å². The minimum Gasteiger partial charge on any atom is -0.457 e. The maximum absolute atomic E-state index is 13.1. The van der Waals surface area contributed by atoms with Crippen molar-refractivity contribution >= 4 is 22.6 Å². The Kier molecular flexibility index (Phi) is 5.85. The number of benzene rings is 2. The topological polar surface area (TPSA) is 91.0 Å². The van der Waals surface area contributed by atoms with Gasteiger partial charge in [-0.25, -0.2) is 4.98 Å². The first-order valence-electron chi connectivity index (χ1n) is 11.5. The Labute approximate surface area is 207 Å². The summed E-state index contributed by atoms with van der Waals surface area (Å²) in [6, 6.07) is 18.1. The summed E-state index contributed by atoms with van der Waals surface area (Å²) in [4.78, 5) is 30.1. The van der Waals surface area contributed by atoms with Crippen LogP contribution in [-0.4, -0.2) is 25.2 Å². The largest absolute Gasteiger partial charge is 0.457 e. The third-order valence-corrected chi connectivity index (χ3v) is 6.00. The van der Waals surface area contributed by atoms with Gasteiger partial charge in [0.25, 0.3) is 11.5 Å². The number of pyridine rings is 1. The minimum absolute atomic E-state index is 0.180. The molecule has 0 atom stereocenters. The van der Waals surface area contributed by atoms with E-state index in [0.717, 1.165) is 22.2 Å². The molecule has 0 radical (unpaired) electrons. The zero-order chi connectivity index (χ0) is 25.4. The summed E-state index contributed by atoms with van der Waals surface area (Å²) in [5.74, 6) is 0.924. The van der Waals surface area contributed by atoms with Crippen molar-refractivity contribution in [3.63, 3.8) is 0 Å². The van der Waals surface area contributed by atoms with Gasteiger partial charge in [-0.15, -0.1) is 0 Å². The van der Waals surface area contributed by atoms with Gasteiger partial charge >= 0.3 is 0 Å². The Hall–Kier alpha value is -4.72. The van der Waals surface area contributed by atoms with E-state index in [1.165, 1.54) is 10.7 Å². The number of rotatable bonds is 5. The molecule has 0 spiro atoms. The van der Waals surface area contributed by atoms with Crippen molar-refractivity contribution in [2.45, 2.75) is 20.8 Å². The lowest BCUT2D eigenvalue weighted by Gasteiger charge is -2.13. The molecule has 0 unspecified atom stereocenters. The Morgan fingerprint density at radius 3 is 2.50 bits per heavy atom. The smallest absolute Gasteiger partial charge is 0.276 e. The van der Waals surface area contributed by atoms with Crippen LogP contribution in [0.15, 0.2) is 77.9 Å². The first kappa shape index (κ1) is 23.0. The van der Waals surface area contributed by atoms with E-state index in [2.05, 4.69) is 15.4 Å². The summed E-state index contributed by atoms with van der Waals surface area (Å²) in [5.41, 5.74) is 4.35. The standard InChI is InChI=1S/C28H25N5O3/c1-17-5-6-18(2)23(15-17)33-25(34)16-19(3)26(31-33)28(35)30-20-7-9-21(10-8-20)36-24-11-13-29-27-22(24)12-14-32(27)4/h5-16H,1-4H3,(H,30,35). The molecule has 36 heavy (non-hydrogen) atoms. The van der Waals surface area contributed by atoms with Gasteiger partial charge < -0.3 is 14.6 Å². The van der Waals surface area contributed by atoms with Crippen LogP contribution in [0, 0.1) is 20.8 Å². The van der Waals surface area contributed by atoms with Crippen LogP contribution in [0.4, 0.5) is 5.69 Å². The molecular weight excluding hydrogens is 454 g/mol. The molecule has 180 valence electrons. The van der Waals surface area contributed by atoms with Gasteiger partial charge in [-0.05, 0) is 79.9 Å². The van der Waals surface area contributed by atoms with Gasteiger partial charge in [0.05, 0.1) is 11.1 Å². The highest BCUT2D eigenvalue weighted by atomic mass is 16.5. The third-order valence-electron chi connectivity index (χ3n) is 6.00. The van der Waals surface area contributed by atoms with Crippen LogP contribution in [-0.2, 0) is 7.05 Å². The Morgan fingerprint density at radius 2 is 1.72 bits per heavy atom. The number of ether oxygens (including phenoxy) is 1. The lowest BCUT2D eigenvalue weighted by Crippen LogP contribution is -2.27. The number of hydrogen-bond acceptors (Lipinski definition) is 5. The third kappa shape index (κ3) is 4.36. The van der Waals surface area contributed by atoms with Crippen molar-refractivity contribution < 1.29 is 9.53 Å². The fraction of sp³-hybridized carbons (Fsp3) is 0.143. The molecule has 3 heterocycles. The molecule has 0 saturated carbocycles. The number of fused-ring (bicyclic) bond motifs is 1. The number of aromatic nitrogens is 4. The van der Waals surface area contributed by atoms with Crippen molar-refractivity contribution in [1.82, 2.24) is 19.3 Å². The fourth-order valence-electron chi connectivity index (χ4n) is 4.04. The average Bonchev–Trinajstić information content (AvgIpc) is 3.24. The molecule has 0 aliphatic carbocycles. The van der Waals surface area contributed by atoms with Gasteiger partial charge in [0.2, 0.25) is 0 Å². The lowest BCUT2D eigenvalue weighted by molar-refractivity contribution is 0.102. The van der Waals surface area contributed by atoms with Crippen molar-refractivity contribution in [2.75, 3.05) is 5.32 Å². The van der Waals surface area contributed by atoms with E-state index in [1.807, 2.05) is 62.0 Å². The van der Waals surface area contributed by atoms with Crippen LogP contribution >= 0.6 is 0 Å². The second-order valence-electron chi connectivity index (χ2n) is 8.77. The second kappa shape index (κ2) is 9.14. The SMILES string of the molecule is Cc1ccc(C)c(-n2nc(C(=O)Nc3ccc(Oc4ccnc5c4ccn5C)cc3)c(C)cc2=O)c1. The number of amides is 1. The molecule has 5 aromatic rings. The van der Waals surface area contributed by atoms with E-state index in [9.17, 15) is 9.59 Å². The molecule has 8 heteroatoms. The fourth-order valence-corrected chi connectivity index (χ4v) is 4.04. The molecule has 8 nitrogen and oxygen atoms in total. The van der Waals surface area contributed by atoms with Gasteiger partial charge in [0.15, 0.2) is 5.69 Å². The lowest BCUT2D eigenvalue weighted by atomic mass is 10.1. The molecular formula is C28H25N5O3. The van der Waals surface area contributed by atoms with Gasteiger partial charge in [0.1, 0.15) is 17.1 Å². The van der Waals surface area contributed by atoms with E-state index in [-0.39, 0.29) is 11.3 Å². The molecule has 0 aliphatic rings. The summed E-state index contributed by atoms with van der Waals surface area (Å²) in [7, 11) is 1.93. The molecule has 0 fully saturated rings. The van der Waals surface area contributed by atoms with E-state index in [1.54, 1.807) is 37.4 Å². The number of nitrogens with one attached hydrogen (secondary N) is 1. The summed E-state index contributed by atoms with van der Waals surface area (Å²) in [5, 5.41) is 8.18. The first-order valence-corrected chi connectivity index (χ1v) is 11.5. The molecule has 1 N–H and O–H groups in total. The zero-order valence-electron chi connectivity index (χ0n) is 20.4. The normalized spacial score (nSPS) is 11.0. The van der Waals surface area contributed by atoms with Crippen LogP contribution in [0.25, 0.3) is 16.7 Å². The van der Waals surface area contributed by atoms with E-state index < -0.39 is 5.91 Å². The number of aryl methyl sites for hydroxylation is 4. The molecule has 0 bridgehead atoms. The van der Waals surface area contributed by atoms with E-state index in [4.69, 9.17) is 4.74 Å².